The molecule has 12 nitrogen and oxygen atoms in total. The molecule has 13 heteroatoms. The maximum atomic E-state index is 14.5. The number of aromatic nitrogens is 1. The lowest BCUT2D eigenvalue weighted by Crippen LogP contribution is -2.48. The number of ether oxygens (including phenoxy) is 2. The molecule has 0 radical (unpaired) electrons. The molecule has 1 saturated heterocycles. The van der Waals surface area contributed by atoms with Crippen LogP contribution in [-0.2, 0) is 40.4 Å². The predicted octanol–water partition coefficient (Wildman–Crippen LogP) is 4.37. The van der Waals surface area contributed by atoms with Crippen LogP contribution in [0.2, 0.25) is 0 Å². The van der Waals surface area contributed by atoms with E-state index in [2.05, 4.69) is 16.3 Å². The lowest BCUT2D eigenvalue weighted by molar-refractivity contribution is -0.153. The van der Waals surface area contributed by atoms with Gasteiger partial charge in [-0.15, -0.1) is 6.58 Å². The number of carbonyl (C=O) groups excluding carboxylic acids is 4. The van der Waals surface area contributed by atoms with Crippen LogP contribution in [0.3, 0.4) is 0 Å². The van der Waals surface area contributed by atoms with Gasteiger partial charge in [-0.05, 0) is 80.0 Å². The van der Waals surface area contributed by atoms with E-state index < -0.39 is 73.7 Å². The fourth-order valence-electron chi connectivity index (χ4n) is 7.42. The number of esters is 1. The Bertz CT molecular complexity index is 1820. The first-order valence-corrected chi connectivity index (χ1v) is 19.1. The van der Waals surface area contributed by atoms with E-state index in [9.17, 15) is 32.7 Å². The number of amides is 2. The Balaban J connectivity index is 1.34. The Kier molecular flexibility index (Phi) is 9.75. The van der Waals surface area contributed by atoms with E-state index in [0.717, 1.165) is 18.4 Å². The van der Waals surface area contributed by atoms with Crippen LogP contribution < -0.4 is 9.46 Å². The number of nitrogens with zero attached hydrogens (tertiary/aromatic N) is 2. The topological polar surface area (TPSA) is 169 Å². The number of cyclic esters (lactones) is 1. The summed E-state index contributed by atoms with van der Waals surface area (Å²) in [5.74, 6) is -2.91. The number of rotatable bonds is 7. The van der Waals surface area contributed by atoms with Gasteiger partial charge in [-0.1, -0.05) is 26.8 Å². The van der Waals surface area contributed by atoms with Crippen molar-refractivity contribution < 1.29 is 42.2 Å². The lowest BCUT2D eigenvalue weighted by Gasteiger charge is -2.34. The number of ketones is 1. The first kappa shape index (κ1) is 35.8. The van der Waals surface area contributed by atoms with Crippen molar-refractivity contribution in [3.8, 4) is 11.6 Å². The molecular weight excluding hydrogens is 662 g/mol. The molecule has 270 valence electrons. The van der Waals surface area contributed by atoms with Crippen molar-refractivity contribution >= 4 is 44.4 Å². The van der Waals surface area contributed by atoms with E-state index in [1.807, 2.05) is 26.8 Å². The maximum absolute atomic E-state index is 14.5. The Morgan fingerprint density at radius 1 is 1.16 bits per heavy atom. The van der Waals surface area contributed by atoms with Crippen LogP contribution in [0.4, 0.5) is 0 Å². The van der Waals surface area contributed by atoms with Gasteiger partial charge >= 0.3 is 5.97 Å². The minimum Gasteiger partial charge on any atom is -0.507 e. The average molecular weight is 710 g/mol. The average Bonchev–Trinajstić information content (AvgIpc) is 3.97. The number of phenolic OH excluding ortho intramolecular Hbond substituents is 1. The predicted molar refractivity (Wildman–Crippen MR) is 184 cm³/mol. The van der Waals surface area contributed by atoms with E-state index >= 15 is 0 Å². The Morgan fingerprint density at radius 2 is 1.92 bits per heavy atom. The summed E-state index contributed by atoms with van der Waals surface area (Å²) in [5.41, 5.74) is -1.07. The third-order valence-electron chi connectivity index (χ3n) is 10.7. The highest BCUT2D eigenvalue weighted by Gasteiger charge is 2.61. The van der Waals surface area contributed by atoms with E-state index in [-0.39, 0.29) is 50.5 Å². The summed E-state index contributed by atoms with van der Waals surface area (Å²) < 4.78 is 39.6. The minimum atomic E-state index is -3.85. The second-order valence-electron chi connectivity index (χ2n) is 15.5. The molecule has 2 aliphatic carbocycles. The fraction of sp³-hybridized carbons (Fsp3) is 0.595. The number of carbonyl (C=O) groups is 4. The van der Waals surface area contributed by atoms with Gasteiger partial charge in [0.05, 0.1) is 42.2 Å². The number of hydrogen-bond acceptors (Lipinski definition) is 10. The first-order chi connectivity index (χ1) is 23.6. The zero-order valence-electron chi connectivity index (χ0n) is 29.0. The van der Waals surface area contributed by atoms with Crippen molar-refractivity contribution in [2.24, 2.45) is 22.7 Å². The van der Waals surface area contributed by atoms with Crippen molar-refractivity contribution in [1.82, 2.24) is 14.6 Å². The molecule has 2 aromatic rings. The number of pyridine rings is 1. The van der Waals surface area contributed by atoms with E-state index in [1.165, 1.54) is 11.1 Å². The van der Waals surface area contributed by atoms with E-state index in [4.69, 9.17) is 9.47 Å². The van der Waals surface area contributed by atoms with Crippen molar-refractivity contribution in [3.63, 3.8) is 0 Å². The second kappa shape index (κ2) is 13.6. The van der Waals surface area contributed by atoms with Crippen molar-refractivity contribution in [1.29, 1.82) is 0 Å². The number of Topliss-reactive ketones (excluding diaryl/α,β-unsaturated/α-hetero) is 1. The highest BCUT2D eigenvalue weighted by atomic mass is 32.2. The van der Waals surface area contributed by atoms with Gasteiger partial charge in [0.2, 0.25) is 27.7 Å². The van der Waals surface area contributed by atoms with Crippen LogP contribution in [0, 0.1) is 22.7 Å². The van der Waals surface area contributed by atoms with Gasteiger partial charge in [-0.3, -0.25) is 23.9 Å². The number of nitrogens with one attached hydrogen (secondary N) is 1. The maximum Gasteiger partial charge on any atom is 0.306 e. The molecule has 3 fully saturated rings. The summed E-state index contributed by atoms with van der Waals surface area (Å²) in [7, 11) is -3.85. The minimum absolute atomic E-state index is 0.0146. The van der Waals surface area contributed by atoms with Crippen LogP contribution in [0.5, 0.6) is 11.6 Å². The highest BCUT2D eigenvalue weighted by Crippen LogP contribution is 2.57. The van der Waals surface area contributed by atoms with E-state index in [1.54, 1.807) is 18.2 Å². The summed E-state index contributed by atoms with van der Waals surface area (Å²) in [6.45, 7) is 9.61. The van der Waals surface area contributed by atoms with Gasteiger partial charge in [0, 0.05) is 29.8 Å². The monoisotopic (exact) mass is 709 g/mol. The summed E-state index contributed by atoms with van der Waals surface area (Å²) in [6, 6.07) is 4.34. The van der Waals surface area contributed by atoms with Crippen molar-refractivity contribution in [2.75, 3.05) is 13.2 Å². The van der Waals surface area contributed by atoms with Crippen LogP contribution in [0.1, 0.15) is 84.1 Å². The van der Waals surface area contributed by atoms with Crippen LogP contribution >= 0.6 is 0 Å². The second-order valence-corrected chi connectivity index (χ2v) is 17.4. The van der Waals surface area contributed by atoms with Crippen LogP contribution in [0.15, 0.2) is 37.1 Å². The number of benzene rings is 1. The summed E-state index contributed by atoms with van der Waals surface area (Å²) in [6.07, 6.45) is 6.20. The molecule has 1 aromatic carbocycles. The largest absolute Gasteiger partial charge is 0.507 e. The molecule has 4 aliphatic rings. The Hall–Kier alpha value is -4.00. The normalized spacial score (nSPS) is 27.9. The summed E-state index contributed by atoms with van der Waals surface area (Å²) in [4.78, 5) is 61.3. The molecule has 50 heavy (non-hydrogen) atoms. The van der Waals surface area contributed by atoms with Gasteiger partial charge in [-0.25, -0.2) is 13.4 Å². The quantitative estimate of drug-likeness (QED) is 0.311. The Labute approximate surface area is 293 Å². The van der Waals surface area contributed by atoms with Gasteiger partial charge in [0.25, 0.3) is 0 Å². The van der Waals surface area contributed by atoms with E-state index in [0.29, 0.717) is 36.5 Å². The summed E-state index contributed by atoms with van der Waals surface area (Å²) in [5, 5.41) is 11.4. The molecule has 2 saturated carbocycles. The molecule has 0 unspecified atom stereocenters. The van der Waals surface area contributed by atoms with Crippen LogP contribution in [0.25, 0.3) is 10.8 Å². The highest BCUT2D eigenvalue weighted by molar-refractivity contribution is 7.90. The number of aromatic hydroxyl groups is 1. The molecule has 3 heterocycles. The number of aryl methyl sites for hydroxylation is 1. The van der Waals surface area contributed by atoms with Gasteiger partial charge in [-0.2, -0.15) is 0 Å². The fourth-order valence-corrected chi connectivity index (χ4v) is 8.80. The molecule has 1 aromatic heterocycles. The number of sulfonamides is 1. The third kappa shape index (κ3) is 7.38. The van der Waals surface area contributed by atoms with Crippen molar-refractivity contribution in [2.45, 2.75) is 102 Å². The smallest absolute Gasteiger partial charge is 0.306 e. The molecular formula is C37H47N3O9S. The zero-order valence-corrected chi connectivity index (χ0v) is 29.8. The van der Waals surface area contributed by atoms with Gasteiger partial charge < -0.3 is 19.5 Å². The van der Waals surface area contributed by atoms with Gasteiger partial charge in [0.15, 0.2) is 5.78 Å². The number of phenols is 1. The molecule has 6 rings (SSSR count). The number of hydrogen-bond donors (Lipinski definition) is 2. The first-order valence-electron chi connectivity index (χ1n) is 17.6. The van der Waals surface area contributed by atoms with Crippen molar-refractivity contribution in [3.05, 3.63) is 42.6 Å². The molecule has 5 atom stereocenters. The standard InChI is InChI=1S/C37H47N3O9S/c1-5-23-19-37(23,35(45)39-50(46,47)25-10-11-25)20-31(42)29-17-24-21-40(29)34(44)28(36(2,3)4)18-32(43)48-14-8-6-7-9-22-15-27-26(30(41)16-22)12-13-38-33(27)49-24/h5,12-13,15-16,23-25,28-29,41H,1,6-11,14,17-21H2,2-4H3,(H,39,45)/t23-,24-,28-,29+,37-/m1/s1. The lowest BCUT2D eigenvalue weighted by atomic mass is 9.77. The molecule has 0 spiro atoms. The van der Waals surface area contributed by atoms with Gasteiger partial charge in [0.1, 0.15) is 11.9 Å². The molecule has 2 amide bonds. The molecule has 2 N–H and O–H groups in total. The van der Waals surface area contributed by atoms with Crippen LogP contribution in [-0.4, -0.2) is 77.5 Å². The summed E-state index contributed by atoms with van der Waals surface area (Å²) >= 11 is 0. The number of fused-ring (bicyclic) bond motifs is 3. The molecule has 2 aliphatic heterocycles. The third-order valence-corrected chi connectivity index (χ3v) is 12.5. The zero-order chi connectivity index (χ0) is 36.0. The molecule has 4 bridgehead atoms. The SMILES string of the molecule is C=C[C@@H]1C[C@]1(CC(=O)[C@@H]1C[C@@H]2CN1C(=O)[C@H](C(C)(C)C)CC(=O)OCCCCCc1cc(O)c3ccnc(c3c1)O2)C(=O)NS(=O)(=O)C1CC1. The Morgan fingerprint density at radius 3 is 2.60 bits per heavy atom. The number of allylic oxidation sites excluding steroid dienone is 1.